The van der Waals surface area contributed by atoms with Gasteiger partial charge in [-0.05, 0) is 5.41 Å². The van der Waals surface area contributed by atoms with Gasteiger partial charge in [-0.1, -0.05) is 34.6 Å². The number of ether oxygens (including phenoxy) is 1. The minimum atomic E-state index is 0.0768. The van der Waals surface area contributed by atoms with Crippen molar-refractivity contribution in [1.29, 1.82) is 0 Å². The molecule has 0 aromatic carbocycles. The molecule has 1 atom stereocenters. The number of carbonyl (C=O) groups is 1. The van der Waals surface area contributed by atoms with Crippen molar-refractivity contribution in [3.63, 3.8) is 0 Å². The Labute approximate surface area is 92.8 Å². The third-order valence-electron chi connectivity index (χ3n) is 2.91. The van der Waals surface area contributed by atoms with E-state index in [9.17, 15) is 4.79 Å². The molecule has 15 heavy (non-hydrogen) atoms. The monoisotopic (exact) mass is 213 g/mol. The normalized spacial score (nSPS) is 23.3. The summed E-state index contributed by atoms with van der Waals surface area (Å²) in [4.78, 5) is 14.0. The molecule has 3 heteroatoms. The zero-order valence-corrected chi connectivity index (χ0v) is 10.5. The summed E-state index contributed by atoms with van der Waals surface area (Å²) < 4.78 is 5.47. The molecular formula is C12H23NO2. The van der Waals surface area contributed by atoms with Gasteiger partial charge in [0, 0.05) is 12.5 Å². The highest BCUT2D eigenvalue weighted by Crippen LogP contribution is 2.27. The highest BCUT2D eigenvalue weighted by atomic mass is 16.5. The van der Waals surface area contributed by atoms with Gasteiger partial charge >= 0.3 is 0 Å². The van der Waals surface area contributed by atoms with Crippen molar-refractivity contribution in [3.05, 3.63) is 0 Å². The third kappa shape index (κ3) is 2.94. The van der Waals surface area contributed by atoms with Gasteiger partial charge < -0.3 is 9.64 Å². The highest BCUT2D eigenvalue weighted by Gasteiger charge is 2.36. The molecule has 1 heterocycles. The van der Waals surface area contributed by atoms with E-state index in [0.29, 0.717) is 13.2 Å². The Morgan fingerprint density at radius 2 is 2.00 bits per heavy atom. The molecule has 0 N–H and O–H groups in total. The lowest BCUT2D eigenvalue weighted by Gasteiger charge is -2.43. The Kier molecular flexibility index (Phi) is 3.77. The number of nitrogens with zero attached hydrogens (tertiary/aromatic N) is 1. The fourth-order valence-corrected chi connectivity index (χ4v) is 1.92. The van der Waals surface area contributed by atoms with Crippen LogP contribution in [0.5, 0.6) is 0 Å². The SMILES string of the molecule is CC(C)C(=O)N1CCOCC1C(C)(C)C. The zero-order chi connectivity index (χ0) is 11.6. The van der Waals surface area contributed by atoms with Crippen LogP contribution >= 0.6 is 0 Å². The number of amides is 1. The number of hydrogen-bond donors (Lipinski definition) is 0. The second-order valence-corrected chi connectivity index (χ2v) is 5.64. The summed E-state index contributed by atoms with van der Waals surface area (Å²) in [5.41, 5.74) is 0.0883. The summed E-state index contributed by atoms with van der Waals surface area (Å²) in [6.07, 6.45) is 0. The molecule has 0 bridgehead atoms. The molecule has 1 aliphatic heterocycles. The van der Waals surface area contributed by atoms with Crippen LogP contribution in [0.25, 0.3) is 0 Å². The van der Waals surface area contributed by atoms with Crippen molar-refractivity contribution < 1.29 is 9.53 Å². The van der Waals surface area contributed by atoms with E-state index >= 15 is 0 Å². The van der Waals surface area contributed by atoms with Gasteiger partial charge in [-0.25, -0.2) is 0 Å². The standard InChI is InChI=1S/C12H23NO2/c1-9(2)11(14)13-6-7-15-8-10(13)12(3,4)5/h9-10H,6-8H2,1-5H3. The molecule has 1 aliphatic rings. The van der Waals surface area contributed by atoms with Crippen molar-refractivity contribution >= 4 is 5.91 Å². The summed E-state index contributed by atoms with van der Waals surface area (Å²) in [5, 5.41) is 0. The van der Waals surface area contributed by atoms with E-state index in [1.54, 1.807) is 0 Å². The van der Waals surface area contributed by atoms with Crippen LogP contribution in [0.3, 0.4) is 0 Å². The van der Waals surface area contributed by atoms with Crippen molar-refractivity contribution in [2.45, 2.75) is 40.7 Å². The van der Waals surface area contributed by atoms with Gasteiger partial charge in [-0.15, -0.1) is 0 Å². The fourth-order valence-electron chi connectivity index (χ4n) is 1.92. The Balaban J connectivity index is 2.79. The second-order valence-electron chi connectivity index (χ2n) is 5.64. The Morgan fingerprint density at radius 1 is 1.40 bits per heavy atom. The molecule has 0 spiro atoms. The third-order valence-corrected chi connectivity index (χ3v) is 2.91. The zero-order valence-electron chi connectivity index (χ0n) is 10.5. The molecular weight excluding hydrogens is 190 g/mol. The molecule has 3 nitrogen and oxygen atoms in total. The molecule has 0 aromatic heterocycles. The van der Waals surface area contributed by atoms with Gasteiger partial charge in [0.15, 0.2) is 0 Å². The van der Waals surface area contributed by atoms with E-state index in [4.69, 9.17) is 4.74 Å². The molecule has 88 valence electrons. The summed E-state index contributed by atoms with van der Waals surface area (Å²) in [7, 11) is 0. The van der Waals surface area contributed by atoms with Gasteiger partial charge in [-0.3, -0.25) is 4.79 Å². The van der Waals surface area contributed by atoms with E-state index in [-0.39, 0.29) is 23.3 Å². The topological polar surface area (TPSA) is 29.5 Å². The van der Waals surface area contributed by atoms with Gasteiger partial charge in [0.1, 0.15) is 0 Å². The van der Waals surface area contributed by atoms with Gasteiger partial charge in [0.05, 0.1) is 19.3 Å². The second kappa shape index (κ2) is 4.52. The van der Waals surface area contributed by atoms with Crippen LogP contribution in [0.4, 0.5) is 0 Å². The van der Waals surface area contributed by atoms with Crippen molar-refractivity contribution in [1.82, 2.24) is 4.90 Å². The maximum Gasteiger partial charge on any atom is 0.225 e. The van der Waals surface area contributed by atoms with E-state index in [1.165, 1.54) is 0 Å². The van der Waals surface area contributed by atoms with E-state index < -0.39 is 0 Å². The van der Waals surface area contributed by atoms with E-state index in [1.807, 2.05) is 18.7 Å². The predicted octanol–water partition coefficient (Wildman–Crippen LogP) is 1.92. The first-order valence-electron chi connectivity index (χ1n) is 5.72. The first kappa shape index (κ1) is 12.5. The largest absolute Gasteiger partial charge is 0.377 e. The lowest BCUT2D eigenvalue weighted by molar-refractivity contribution is -0.148. The Bertz CT molecular complexity index is 230. The van der Waals surface area contributed by atoms with Crippen molar-refractivity contribution in [2.24, 2.45) is 11.3 Å². The Hall–Kier alpha value is -0.570. The number of morpholine rings is 1. The van der Waals surface area contributed by atoms with Crippen LogP contribution in [0.15, 0.2) is 0 Å². The number of rotatable bonds is 1. The minimum Gasteiger partial charge on any atom is -0.377 e. The van der Waals surface area contributed by atoms with E-state index in [2.05, 4.69) is 20.8 Å². The van der Waals surface area contributed by atoms with Crippen LogP contribution in [-0.2, 0) is 9.53 Å². The molecule has 0 aromatic rings. The van der Waals surface area contributed by atoms with Gasteiger partial charge in [0.25, 0.3) is 0 Å². The first-order valence-corrected chi connectivity index (χ1v) is 5.72. The molecule has 1 unspecified atom stereocenters. The van der Waals surface area contributed by atoms with Gasteiger partial charge in [0.2, 0.25) is 5.91 Å². The quantitative estimate of drug-likeness (QED) is 0.666. The average molecular weight is 213 g/mol. The van der Waals surface area contributed by atoms with Crippen LogP contribution in [0.2, 0.25) is 0 Å². The fraction of sp³-hybridized carbons (Fsp3) is 0.917. The number of hydrogen-bond acceptors (Lipinski definition) is 2. The minimum absolute atomic E-state index is 0.0768. The maximum atomic E-state index is 12.0. The molecule has 0 radical (unpaired) electrons. The summed E-state index contributed by atoms with van der Waals surface area (Å²) in [5.74, 6) is 0.325. The molecule has 0 saturated carbocycles. The van der Waals surface area contributed by atoms with Crippen LogP contribution in [0.1, 0.15) is 34.6 Å². The summed E-state index contributed by atoms with van der Waals surface area (Å²) in [6.45, 7) is 12.5. The average Bonchev–Trinajstić information content (AvgIpc) is 2.15. The van der Waals surface area contributed by atoms with Crippen LogP contribution in [0, 0.1) is 11.3 Å². The van der Waals surface area contributed by atoms with E-state index in [0.717, 1.165) is 6.54 Å². The molecule has 1 amide bonds. The number of carbonyl (C=O) groups excluding carboxylic acids is 1. The van der Waals surface area contributed by atoms with Crippen molar-refractivity contribution in [2.75, 3.05) is 19.8 Å². The summed E-state index contributed by atoms with van der Waals surface area (Å²) >= 11 is 0. The maximum absolute atomic E-state index is 12.0. The highest BCUT2D eigenvalue weighted by molar-refractivity contribution is 5.78. The predicted molar refractivity (Wildman–Crippen MR) is 60.6 cm³/mol. The smallest absolute Gasteiger partial charge is 0.225 e. The summed E-state index contributed by atoms with van der Waals surface area (Å²) in [6, 6.07) is 0.209. The van der Waals surface area contributed by atoms with Crippen LogP contribution < -0.4 is 0 Å². The Morgan fingerprint density at radius 3 is 2.47 bits per heavy atom. The molecule has 1 fully saturated rings. The molecule has 0 aliphatic carbocycles. The van der Waals surface area contributed by atoms with Crippen LogP contribution in [-0.4, -0.2) is 36.6 Å². The van der Waals surface area contributed by atoms with Gasteiger partial charge in [-0.2, -0.15) is 0 Å². The molecule has 1 saturated heterocycles. The van der Waals surface area contributed by atoms with Crippen molar-refractivity contribution in [3.8, 4) is 0 Å². The lowest BCUT2D eigenvalue weighted by atomic mass is 9.85. The first-order chi connectivity index (χ1) is 6.84. The lowest BCUT2D eigenvalue weighted by Crippen LogP contribution is -2.55. The molecule has 1 rings (SSSR count).